The van der Waals surface area contributed by atoms with E-state index in [4.69, 9.17) is 28.4 Å². The van der Waals surface area contributed by atoms with Crippen LogP contribution in [0.4, 0.5) is 0 Å². The van der Waals surface area contributed by atoms with Crippen LogP contribution in [0.5, 0.6) is 34.5 Å². The third kappa shape index (κ3) is 7.76. The topological polar surface area (TPSA) is 55.4 Å². The molecule has 0 spiro atoms. The zero-order chi connectivity index (χ0) is 34.7. The number of para-hydroxylation sites is 3. The molecule has 0 N–H and O–H groups in total. The van der Waals surface area contributed by atoms with Gasteiger partial charge in [0.05, 0.1) is 28.4 Å². The normalized spacial score (nSPS) is 10.6. The van der Waals surface area contributed by atoms with Crippen molar-refractivity contribution in [2.45, 2.75) is 0 Å². The van der Waals surface area contributed by atoms with Gasteiger partial charge in [-0.25, -0.2) is 0 Å². The minimum Gasteiger partial charge on any atom is -0.497 e. The number of hydrogen-bond acceptors (Lipinski definition) is 6. The summed E-state index contributed by atoms with van der Waals surface area (Å²) in [6, 6.07) is 48.8. The Kier molecular flexibility index (Phi) is 11.3. The molecule has 0 aliphatic rings. The van der Waals surface area contributed by atoms with Crippen molar-refractivity contribution in [3.05, 3.63) is 146 Å². The molecule has 0 saturated heterocycles. The highest BCUT2D eigenvalue weighted by atomic mass is 16.5. The van der Waals surface area contributed by atoms with Gasteiger partial charge in [0.1, 0.15) is 47.7 Å². The lowest BCUT2D eigenvalue weighted by Gasteiger charge is -2.22. The average Bonchev–Trinajstić information content (AvgIpc) is 3.18. The summed E-state index contributed by atoms with van der Waals surface area (Å²) in [5.41, 5.74) is 6.34. The summed E-state index contributed by atoms with van der Waals surface area (Å²) in [7, 11) is 6.77. The van der Waals surface area contributed by atoms with Gasteiger partial charge >= 0.3 is 0 Å². The third-order valence-electron chi connectivity index (χ3n) is 8.79. The van der Waals surface area contributed by atoms with Gasteiger partial charge in [0.2, 0.25) is 6.71 Å². The summed E-state index contributed by atoms with van der Waals surface area (Å²) in [5, 5.41) is 0. The predicted octanol–water partition coefficient (Wildman–Crippen LogP) is 4.21. The van der Waals surface area contributed by atoms with E-state index in [0.717, 1.165) is 67.3 Å². The minimum atomic E-state index is -0.193. The van der Waals surface area contributed by atoms with Crippen molar-refractivity contribution >= 4 is 46.2 Å². The molecule has 50 heavy (non-hydrogen) atoms. The van der Waals surface area contributed by atoms with Crippen LogP contribution in [0.1, 0.15) is 0 Å². The van der Waals surface area contributed by atoms with Crippen molar-refractivity contribution in [1.82, 2.24) is 0 Å². The second-order valence-corrected chi connectivity index (χ2v) is 11.7. The summed E-state index contributed by atoms with van der Waals surface area (Å²) < 4.78 is 35.6. The minimum absolute atomic E-state index is 0.0613. The fourth-order valence-electron chi connectivity index (χ4n) is 6.48. The quantitative estimate of drug-likeness (QED) is 0.121. The van der Waals surface area contributed by atoms with E-state index in [1.807, 2.05) is 91.0 Å². The maximum absolute atomic E-state index is 6.46. The highest BCUT2D eigenvalue weighted by Gasteiger charge is 2.30. The highest BCUT2D eigenvalue weighted by Crippen LogP contribution is 2.18. The van der Waals surface area contributed by atoms with Crippen molar-refractivity contribution in [3.8, 4) is 34.5 Å². The van der Waals surface area contributed by atoms with E-state index in [2.05, 4.69) is 54.6 Å². The first-order valence-corrected chi connectivity index (χ1v) is 16.6. The van der Waals surface area contributed by atoms with Crippen LogP contribution in [-0.4, -0.2) is 55.1 Å². The number of rotatable bonds is 15. The van der Waals surface area contributed by atoms with Crippen LogP contribution in [0.25, 0.3) is 0 Å². The van der Waals surface area contributed by atoms with Crippen LogP contribution in [0.15, 0.2) is 146 Å². The van der Waals surface area contributed by atoms with E-state index in [1.165, 1.54) is 0 Å². The van der Waals surface area contributed by atoms with Gasteiger partial charge in [-0.1, -0.05) is 107 Å². The Morgan fingerprint density at radius 3 is 1.24 bits per heavy atom. The van der Waals surface area contributed by atoms with E-state index in [1.54, 1.807) is 28.4 Å². The Balaban J connectivity index is 1.24. The van der Waals surface area contributed by atoms with Gasteiger partial charge < -0.3 is 28.4 Å². The molecule has 6 aromatic rings. The number of hydrogen-bond donors (Lipinski definition) is 0. The SMILES string of the molecule is COc1cccc(B(c2cccc(OC)c2)c2cccc(OCCOc3ccccc3B(c3ccccc3OC)c3ccccc3OC)c2)c1. The van der Waals surface area contributed by atoms with E-state index in [-0.39, 0.29) is 13.4 Å². The van der Waals surface area contributed by atoms with Crippen molar-refractivity contribution in [2.75, 3.05) is 41.7 Å². The molecule has 0 radical (unpaired) electrons. The smallest absolute Gasteiger partial charge is 0.255 e. The van der Waals surface area contributed by atoms with Gasteiger partial charge in [0, 0.05) is 0 Å². The lowest BCUT2D eigenvalue weighted by atomic mass is 9.36. The van der Waals surface area contributed by atoms with Crippen LogP contribution in [0, 0.1) is 0 Å². The predicted molar refractivity (Wildman–Crippen MR) is 205 cm³/mol. The lowest BCUT2D eigenvalue weighted by Crippen LogP contribution is -2.53. The average molecular weight is 662 g/mol. The lowest BCUT2D eigenvalue weighted by molar-refractivity contribution is 0.218. The van der Waals surface area contributed by atoms with Crippen LogP contribution in [-0.2, 0) is 0 Å². The first-order valence-electron chi connectivity index (χ1n) is 16.6. The van der Waals surface area contributed by atoms with Gasteiger partial charge in [-0.3, -0.25) is 0 Å². The second kappa shape index (κ2) is 16.6. The summed E-state index contributed by atoms with van der Waals surface area (Å²) in [6.07, 6.45) is 0. The van der Waals surface area contributed by atoms with Crippen LogP contribution in [0.3, 0.4) is 0 Å². The van der Waals surface area contributed by atoms with Crippen molar-refractivity contribution in [1.29, 1.82) is 0 Å². The Morgan fingerprint density at radius 2 is 0.760 bits per heavy atom. The van der Waals surface area contributed by atoms with Gasteiger partial charge in [-0.05, 0) is 71.0 Å². The summed E-state index contributed by atoms with van der Waals surface area (Å²) >= 11 is 0. The zero-order valence-corrected chi connectivity index (χ0v) is 28.9. The fourth-order valence-corrected chi connectivity index (χ4v) is 6.48. The van der Waals surface area contributed by atoms with Gasteiger partial charge in [0.15, 0.2) is 0 Å². The van der Waals surface area contributed by atoms with E-state index >= 15 is 0 Å². The molecule has 0 amide bonds. The van der Waals surface area contributed by atoms with E-state index in [0.29, 0.717) is 13.2 Å². The molecule has 6 rings (SSSR count). The van der Waals surface area contributed by atoms with E-state index < -0.39 is 0 Å². The van der Waals surface area contributed by atoms with Crippen LogP contribution >= 0.6 is 0 Å². The van der Waals surface area contributed by atoms with Crippen molar-refractivity contribution in [2.24, 2.45) is 0 Å². The largest absolute Gasteiger partial charge is 0.497 e. The highest BCUT2D eigenvalue weighted by molar-refractivity contribution is 6.97. The maximum Gasteiger partial charge on any atom is 0.255 e. The van der Waals surface area contributed by atoms with Crippen molar-refractivity contribution in [3.63, 3.8) is 0 Å². The molecule has 250 valence electrons. The molecule has 0 fully saturated rings. The first kappa shape index (κ1) is 34.1. The van der Waals surface area contributed by atoms with Crippen LogP contribution < -0.4 is 61.2 Å². The molecule has 6 aromatic carbocycles. The number of methoxy groups -OCH3 is 4. The molecule has 0 aliphatic carbocycles. The summed E-state index contributed by atoms with van der Waals surface area (Å²) in [5.74, 6) is 4.72. The third-order valence-corrected chi connectivity index (χ3v) is 8.79. The van der Waals surface area contributed by atoms with Gasteiger partial charge in [0.25, 0.3) is 6.71 Å². The molecular weight excluding hydrogens is 622 g/mol. The fraction of sp³-hybridized carbons (Fsp3) is 0.143. The Morgan fingerprint density at radius 1 is 0.360 bits per heavy atom. The van der Waals surface area contributed by atoms with Gasteiger partial charge in [-0.2, -0.15) is 0 Å². The van der Waals surface area contributed by atoms with E-state index in [9.17, 15) is 0 Å². The molecule has 0 aliphatic heterocycles. The Labute approximate surface area is 295 Å². The molecule has 0 aromatic heterocycles. The van der Waals surface area contributed by atoms with Crippen LogP contribution in [0.2, 0.25) is 0 Å². The Hall–Kier alpha value is -5.75. The van der Waals surface area contributed by atoms with Gasteiger partial charge in [-0.15, -0.1) is 0 Å². The summed E-state index contributed by atoms with van der Waals surface area (Å²) in [4.78, 5) is 0. The monoisotopic (exact) mass is 662 g/mol. The second-order valence-electron chi connectivity index (χ2n) is 11.7. The molecule has 0 unspecified atom stereocenters. The molecule has 8 heteroatoms. The number of benzene rings is 6. The van der Waals surface area contributed by atoms with Crippen molar-refractivity contribution < 1.29 is 28.4 Å². The molecule has 0 saturated carbocycles. The molecule has 6 nitrogen and oxygen atoms in total. The number of ether oxygens (including phenoxy) is 6. The maximum atomic E-state index is 6.46. The Bertz CT molecular complexity index is 1920. The zero-order valence-electron chi connectivity index (χ0n) is 28.9. The molecule has 0 bridgehead atoms. The molecule has 0 heterocycles. The standard InChI is InChI=1S/C42H40B2O6/c1-45-34-17-11-14-31(28-34)43(32-15-12-18-35(29-32)46-2)33-16-13-19-36(30-33)49-26-27-50-42-25-10-7-22-39(42)44(37-20-5-8-23-40(37)47-3)38-21-6-9-24-41(38)48-4/h5-25,28-30H,26-27H2,1-4H3. The first-order chi connectivity index (χ1) is 24.6. The molecule has 0 atom stereocenters. The summed E-state index contributed by atoms with van der Waals surface area (Å²) in [6.45, 7) is 0.450. The molecular formula is C42H40B2O6.